The molecule has 0 spiro atoms. The quantitative estimate of drug-likeness (QED) is 0.506. The Morgan fingerprint density at radius 2 is 2.13 bits per heavy atom. The highest BCUT2D eigenvalue weighted by Crippen LogP contribution is 2.57. The first-order valence-corrected chi connectivity index (χ1v) is 11.7. The lowest BCUT2D eigenvalue weighted by molar-refractivity contribution is -0.688. The second-order valence-corrected chi connectivity index (χ2v) is 10.6. The Morgan fingerprint density at radius 3 is 2.81 bits per heavy atom. The molecule has 1 amide bonds. The molecular formula is C21H21FN3O4S2+. The number of carbonyl (C=O) groups excluding carboxylic acids is 1. The molecule has 2 aromatic rings. The standard InChI is InChI=1S/C21H20FN3O4S2/c1-11(26)16-18(27)25-17(20(28)29)21(31-19(16)25)30-15-6-7-24-10-23(9-14(15)24)8-12-2-4-13(22)5-3-12/h2-5,9-11,15-16,19,26H,6-8H2,1H3/p+1/t11?,15?,16-,19+/m0/s1. The first kappa shape index (κ1) is 20.6. The summed E-state index contributed by atoms with van der Waals surface area (Å²) in [4.78, 5) is 25.6. The Morgan fingerprint density at radius 1 is 1.39 bits per heavy atom. The van der Waals surface area contributed by atoms with Crippen molar-refractivity contribution >= 4 is 35.4 Å². The number of hydrogen-bond acceptors (Lipinski definition) is 5. The van der Waals surface area contributed by atoms with Crippen LogP contribution in [0.1, 0.15) is 29.9 Å². The number of aliphatic carboxylic acids is 1. The minimum atomic E-state index is -1.12. The van der Waals surface area contributed by atoms with Gasteiger partial charge in [0.2, 0.25) is 12.2 Å². The number of aryl methyl sites for hydroxylation is 1. The van der Waals surface area contributed by atoms with Gasteiger partial charge in [-0.2, -0.15) is 0 Å². The number of rotatable bonds is 6. The number of carboxylic acid groups (broad SMARTS) is 1. The van der Waals surface area contributed by atoms with Crippen LogP contribution in [0.25, 0.3) is 0 Å². The second kappa shape index (κ2) is 7.68. The molecule has 4 heterocycles. The SMILES string of the molecule is CC(O)[C@H]1C(=O)N2C(C(=O)O)=C(SC3CCn4c[n+](Cc5ccc(F)cc5)cc43)S[C@H]12. The van der Waals surface area contributed by atoms with Gasteiger partial charge in [-0.3, -0.25) is 9.69 Å². The molecule has 3 aliphatic heterocycles. The van der Waals surface area contributed by atoms with Gasteiger partial charge in [0.15, 0.2) is 11.4 Å². The number of carboxylic acids is 1. The summed E-state index contributed by atoms with van der Waals surface area (Å²) in [6.07, 6.45) is 4.13. The van der Waals surface area contributed by atoms with Crippen LogP contribution in [-0.4, -0.2) is 43.0 Å². The van der Waals surface area contributed by atoms with Gasteiger partial charge in [-0.1, -0.05) is 23.9 Å². The summed E-state index contributed by atoms with van der Waals surface area (Å²) in [6.45, 7) is 3.01. The topological polar surface area (TPSA) is 86.7 Å². The van der Waals surface area contributed by atoms with Gasteiger partial charge in [-0.15, -0.1) is 11.8 Å². The first-order chi connectivity index (χ1) is 14.8. The number of β-lactam (4-membered cyclic amide) rings is 1. The molecule has 2 unspecified atom stereocenters. The van der Waals surface area contributed by atoms with Crippen LogP contribution in [-0.2, 0) is 22.7 Å². The third-order valence-corrected chi connectivity index (χ3v) is 8.78. The molecule has 1 saturated heterocycles. The number of nitrogens with zero attached hydrogens (tertiary/aromatic N) is 3. The average molecular weight is 463 g/mol. The minimum Gasteiger partial charge on any atom is -0.477 e. The second-order valence-electron chi connectivity index (χ2n) is 7.98. The molecule has 1 aromatic carbocycles. The molecule has 10 heteroatoms. The van der Waals surface area contributed by atoms with Crippen molar-refractivity contribution in [2.24, 2.45) is 5.92 Å². The van der Waals surface area contributed by atoms with Crippen LogP contribution in [0.15, 0.2) is 46.7 Å². The van der Waals surface area contributed by atoms with Gasteiger partial charge in [-0.05, 0) is 24.6 Å². The molecule has 3 aliphatic rings. The third-order valence-electron chi connectivity index (χ3n) is 5.88. The van der Waals surface area contributed by atoms with Gasteiger partial charge in [0.1, 0.15) is 23.9 Å². The number of imidazole rings is 1. The van der Waals surface area contributed by atoms with Crippen molar-refractivity contribution in [2.75, 3.05) is 0 Å². The Kier molecular flexibility index (Phi) is 5.10. The summed E-state index contributed by atoms with van der Waals surface area (Å²) < 4.78 is 18.0. The fraction of sp³-hybridized carbons (Fsp3) is 0.381. The summed E-state index contributed by atoms with van der Waals surface area (Å²) in [5.41, 5.74) is 2.12. The number of carbonyl (C=O) groups is 2. The monoisotopic (exact) mass is 462 g/mol. The Balaban J connectivity index is 1.35. The van der Waals surface area contributed by atoms with E-state index in [1.165, 1.54) is 40.6 Å². The number of benzene rings is 1. The van der Waals surface area contributed by atoms with E-state index in [0.29, 0.717) is 10.8 Å². The minimum absolute atomic E-state index is 0.0334. The molecule has 4 atom stereocenters. The molecule has 0 bridgehead atoms. The van der Waals surface area contributed by atoms with E-state index in [9.17, 15) is 24.2 Å². The number of aromatic nitrogens is 2. The number of aliphatic hydroxyl groups excluding tert-OH is 1. The van der Waals surface area contributed by atoms with Gasteiger partial charge in [-0.25, -0.2) is 18.3 Å². The zero-order chi connectivity index (χ0) is 21.9. The van der Waals surface area contributed by atoms with Crippen molar-refractivity contribution < 1.29 is 28.8 Å². The van der Waals surface area contributed by atoms with Crippen LogP contribution in [0.3, 0.4) is 0 Å². The summed E-state index contributed by atoms with van der Waals surface area (Å²) in [5.74, 6) is -2.27. The molecule has 31 heavy (non-hydrogen) atoms. The fourth-order valence-electron chi connectivity index (χ4n) is 4.35. The van der Waals surface area contributed by atoms with Crippen molar-refractivity contribution in [3.8, 4) is 0 Å². The van der Waals surface area contributed by atoms with E-state index in [0.717, 1.165) is 24.2 Å². The number of fused-ring (bicyclic) bond motifs is 2. The predicted octanol–water partition coefficient (Wildman–Crippen LogP) is 2.31. The number of amides is 1. The molecule has 0 aliphatic carbocycles. The Hall–Kier alpha value is -2.30. The summed E-state index contributed by atoms with van der Waals surface area (Å²) in [6, 6.07) is 6.41. The molecule has 1 fully saturated rings. The Bertz CT molecular complexity index is 1100. The summed E-state index contributed by atoms with van der Waals surface area (Å²) >= 11 is 2.85. The molecule has 0 saturated carbocycles. The van der Waals surface area contributed by atoms with Crippen molar-refractivity contribution in [1.82, 2.24) is 9.47 Å². The van der Waals surface area contributed by atoms with Crippen molar-refractivity contribution in [2.45, 2.75) is 43.2 Å². The lowest BCUT2D eigenvalue weighted by Gasteiger charge is -2.43. The van der Waals surface area contributed by atoms with E-state index >= 15 is 0 Å². The molecule has 1 aromatic heterocycles. The molecule has 162 valence electrons. The van der Waals surface area contributed by atoms with E-state index in [4.69, 9.17) is 0 Å². The highest BCUT2D eigenvalue weighted by Gasteiger charge is 2.58. The maximum absolute atomic E-state index is 13.1. The summed E-state index contributed by atoms with van der Waals surface area (Å²) in [5, 5.41) is 19.3. The lowest BCUT2D eigenvalue weighted by Crippen LogP contribution is -2.60. The average Bonchev–Trinajstić information content (AvgIpc) is 3.36. The molecule has 7 nitrogen and oxygen atoms in total. The number of thioether (sulfide) groups is 2. The highest BCUT2D eigenvalue weighted by atomic mass is 32.2. The summed E-state index contributed by atoms with van der Waals surface area (Å²) in [7, 11) is 0. The fourth-order valence-corrected chi connectivity index (χ4v) is 7.63. The van der Waals surface area contributed by atoms with Gasteiger partial charge >= 0.3 is 5.97 Å². The largest absolute Gasteiger partial charge is 0.477 e. The lowest BCUT2D eigenvalue weighted by atomic mass is 9.92. The molecule has 5 rings (SSSR count). The molecular weight excluding hydrogens is 441 g/mol. The van der Waals surface area contributed by atoms with E-state index in [1.807, 2.05) is 17.1 Å². The Labute approximate surface area is 186 Å². The van der Waals surface area contributed by atoms with Gasteiger partial charge in [0, 0.05) is 6.42 Å². The van der Waals surface area contributed by atoms with Gasteiger partial charge < -0.3 is 10.2 Å². The van der Waals surface area contributed by atoms with Crippen LogP contribution in [0.2, 0.25) is 0 Å². The van der Waals surface area contributed by atoms with E-state index in [2.05, 4.69) is 4.57 Å². The van der Waals surface area contributed by atoms with E-state index < -0.39 is 18.0 Å². The van der Waals surface area contributed by atoms with Crippen LogP contribution in [0.4, 0.5) is 4.39 Å². The smallest absolute Gasteiger partial charge is 0.354 e. The number of aliphatic hydroxyl groups is 1. The van der Waals surface area contributed by atoms with Crippen LogP contribution >= 0.6 is 23.5 Å². The third kappa shape index (κ3) is 3.46. The maximum atomic E-state index is 13.1. The van der Waals surface area contributed by atoms with Crippen molar-refractivity contribution in [3.63, 3.8) is 0 Å². The zero-order valence-electron chi connectivity index (χ0n) is 16.6. The van der Waals surface area contributed by atoms with Crippen LogP contribution in [0.5, 0.6) is 0 Å². The van der Waals surface area contributed by atoms with Crippen LogP contribution < -0.4 is 4.57 Å². The van der Waals surface area contributed by atoms with Gasteiger partial charge in [0.05, 0.1) is 28.1 Å². The normalized spacial score (nSPS) is 25.5. The van der Waals surface area contributed by atoms with Crippen LogP contribution in [0, 0.1) is 11.7 Å². The number of hydrogen-bond donors (Lipinski definition) is 2. The number of halogens is 1. The first-order valence-electron chi connectivity index (χ1n) is 9.99. The highest BCUT2D eigenvalue weighted by molar-refractivity contribution is 8.22. The van der Waals surface area contributed by atoms with E-state index in [1.54, 1.807) is 19.1 Å². The predicted molar refractivity (Wildman–Crippen MR) is 113 cm³/mol. The van der Waals surface area contributed by atoms with E-state index in [-0.39, 0.29) is 28.0 Å². The van der Waals surface area contributed by atoms with Gasteiger partial charge in [0.25, 0.3) is 0 Å². The zero-order valence-corrected chi connectivity index (χ0v) is 18.3. The van der Waals surface area contributed by atoms with Crippen molar-refractivity contribution in [3.05, 3.63) is 63.8 Å². The van der Waals surface area contributed by atoms with Crippen molar-refractivity contribution in [1.29, 1.82) is 0 Å². The molecule has 0 radical (unpaired) electrons. The molecule has 2 N–H and O–H groups in total. The maximum Gasteiger partial charge on any atom is 0.354 e.